The molecule has 1 aliphatic carbocycles. The number of para-hydroxylation sites is 2. The quantitative estimate of drug-likeness (QED) is 0.723. The van der Waals surface area contributed by atoms with Crippen LogP contribution < -0.4 is 16.0 Å². The number of amides is 1. The van der Waals surface area contributed by atoms with Crippen LogP contribution in [0.2, 0.25) is 0 Å². The van der Waals surface area contributed by atoms with Crippen molar-refractivity contribution in [3.05, 3.63) is 65.4 Å². The van der Waals surface area contributed by atoms with Gasteiger partial charge in [-0.05, 0) is 41.7 Å². The molecule has 1 heterocycles. The number of carbonyl (C=O) groups excluding carboxylic acids is 2. The molecular formula is C23H25N3O2. The molecule has 0 saturated carbocycles. The van der Waals surface area contributed by atoms with Gasteiger partial charge in [0.25, 0.3) is 0 Å². The summed E-state index contributed by atoms with van der Waals surface area (Å²) in [5.74, 6) is -0.0258. The van der Waals surface area contributed by atoms with Gasteiger partial charge in [0.2, 0.25) is 5.91 Å². The Kier molecular flexibility index (Phi) is 4.26. The molecule has 1 unspecified atom stereocenters. The third-order valence-electron chi connectivity index (χ3n) is 5.49. The zero-order valence-corrected chi connectivity index (χ0v) is 16.5. The Morgan fingerprint density at radius 3 is 2.46 bits per heavy atom. The van der Waals surface area contributed by atoms with E-state index in [4.69, 9.17) is 5.73 Å². The van der Waals surface area contributed by atoms with E-state index in [0.29, 0.717) is 17.7 Å². The zero-order chi connectivity index (χ0) is 20.1. The van der Waals surface area contributed by atoms with Gasteiger partial charge in [-0.1, -0.05) is 38.1 Å². The highest BCUT2D eigenvalue weighted by Gasteiger charge is 2.42. The number of nitrogens with zero attached hydrogens (tertiary/aromatic N) is 1. The molecule has 2 aromatic rings. The van der Waals surface area contributed by atoms with Gasteiger partial charge in [-0.2, -0.15) is 0 Å². The first kappa shape index (κ1) is 18.3. The van der Waals surface area contributed by atoms with E-state index < -0.39 is 6.04 Å². The summed E-state index contributed by atoms with van der Waals surface area (Å²) in [4.78, 5) is 27.8. The van der Waals surface area contributed by atoms with Crippen molar-refractivity contribution in [1.29, 1.82) is 0 Å². The van der Waals surface area contributed by atoms with Gasteiger partial charge in [0.1, 0.15) is 0 Å². The van der Waals surface area contributed by atoms with E-state index in [-0.39, 0.29) is 17.1 Å². The first-order valence-corrected chi connectivity index (χ1v) is 9.54. The average Bonchev–Trinajstić information content (AvgIpc) is 2.75. The number of carbonyl (C=O) groups is 2. The van der Waals surface area contributed by atoms with E-state index >= 15 is 0 Å². The fourth-order valence-corrected chi connectivity index (χ4v) is 4.33. The number of nitrogens with two attached hydrogens (primary N) is 1. The van der Waals surface area contributed by atoms with E-state index in [1.807, 2.05) is 48.5 Å². The number of Topliss-reactive ketones (excluding diaryl/α,β-unsaturated/α-hetero) is 1. The summed E-state index contributed by atoms with van der Waals surface area (Å²) in [6, 6.07) is 14.7. The molecule has 5 heteroatoms. The molecule has 2 aromatic carbocycles. The molecule has 1 aliphatic heterocycles. The minimum Gasteiger partial charge on any atom is -0.399 e. The molecule has 144 valence electrons. The molecule has 1 amide bonds. The van der Waals surface area contributed by atoms with Gasteiger partial charge < -0.3 is 11.1 Å². The topological polar surface area (TPSA) is 75.4 Å². The van der Waals surface area contributed by atoms with Crippen LogP contribution in [0.3, 0.4) is 0 Å². The molecule has 0 radical (unpaired) electrons. The van der Waals surface area contributed by atoms with Gasteiger partial charge in [-0.3, -0.25) is 14.5 Å². The van der Waals surface area contributed by atoms with E-state index in [1.165, 1.54) is 0 Å². The molecule has 28 heavy (non-hydrogen) atoms. The van der Waals surface area contributed by atoms with Gasteiger partial charge >= 0.3 is 0 Å². The Bertz CT molecular complexity index is 989. The summed E-state index contributed by atoms with van der Waals surface area (Å²) >= 11 is 0. The normalized spacial score (nSPS) is 20.8. The predicted octanol–water partition coefficient (Wildman–Crippen LogP) is 4.43. The maximum Gasteiger partial charge on any atom is 0.224 e. The van der Waals surface area contributed by atoms with Gasteiger partial charge in [0.05, 0.1) is 17.4 Å². The Balaban J connectivity index is 2.00. The van der Waals surface area contributed by atoms with Gasteiger partial charge in [-0.15, -0.1) is 0 Å². The minimum atomic E-state index is -0.479. The Labute approximate surface area is 165 Å². The van der Waals surface area contributed by atoms with Crippen molar-refractivity contribution in [2.24, 2.45) is 5.41 Å². The molecule has 4 rings (SSSR count). The van der Waals surface area contributed by atoms with Crippen LogP contribution in [0.1, 0.15) is 45.2 Å². The first-order valence-electron chi connectivity index (χ1n) is 9.54. The van der Waals surface area contributed by atoms with Crippen molar-refractivity contribution in [2.45, 2.75) is 39.7 Å². The van der Waals surface area contributed by atoms with Crippen molar-refractivity contribution >= 4 is 28.8 Å². The molecule has 1 atom stereocenters. The van der Waals surface area contributed by atoms with E-state index in [2.05, 4.69) is 19.2 Å². The molecule has 0 saturated heterocycles. The van der Waals surface area contributed by atoms with Crippen molar-refractivity contribution < 1.29 is 9.59 Å². The second-order valence-electron chi connectivity index (χ2n) is 8.43. The molecular weight excluding hydrogens is 350 g/mol. The highest BCUT2D eigenvalue weighted by molar-refractivity contribution is 6.05. The lowest BCUT2D eigenvalue weighted by molar-refractivity contribution is -0.118. The summed E-state index contributed by atoms with van der Waals surface area (Å²) in [5, 5.41) is 3.48. The van der Waals surface area contributed by atoms with E-state index in [9.17, 15) is 9.59 Å². The molecule has 0 bridgehead atoms. The number of anilines is 3. The number of nitrogen functional groups attached to an aromatic ring is 1. The number of fused-ring (bicyclic) bond motifs is 1. The standard InChI is InChI=1S/C23H25N3O2/c1-14(27)26-19-7-5-4-6-17(19)25-18-12-23(2,3)13-20(28)21(18)22(26)15-8-10-16(24)11-9-15/h4-11,22,25H,12-13,24H2,1-3H3. The summed E-state index contributed by atoms with van der Waals surface area (Å²) in [5.41, 5.74) is 10.5. The Morgan fingerprint density at radius 1 is 1.11 bits per heavy atom. The number of hydrogen-bond acceptors (Lipinski definition) is 4. The lowest BCUT2D eigenvalue weighted by Crippen LogP contribution is -2.38. The van der Waals surface area contributed by atoms with Crippen LogP contribution in [0.15, 0.2) is 59.8 Å². The molecule has 5 nitrogen and oxygen atoms in total. The monoisotopic (exact) mass is 375 g/mol. The lowest BCUT2D eigenvalue weighted by atomic mass is 9.73. The SMILES string of the molecule is CC(=O)N1c2ccccc2NC2=C(C(=O)CC(C)(C)C2)C1c1ccc(N)cc1. The maximum atomic E-state index is 13.3. The second kappa shape index (κ2) is 6.51. The van der Waals surface area contributed by atoms with E-state index in [0.717, 1.165) is 29.1 Å². The van der Waals surface area contributed by atoms with Crippen molar-refractivity contribution in [2.75, 3.05) is 16.0 Å². The molecule has 0 fully saturated rings. The van der Waals surface area contributed by atoms with Crippen molar-refractivity contribution in [3.8, 4) is 0 Å². The summed E-state index contributed by atoms with van der Waals surface area (Å²) in [6.07, 6.45) is 1.21. The Morgan fingerprint density at radius 2 is 1.79 bits per heavy atom. The predicted molar refractivity (Wildman–Crippen MR) is 112 cm³/mol. The third-order valence-corrected chi connectivity index (χ3v) is 5.49. The largest absolute Gasteiger partial charge is 0.399 e. The smallest absolute Gasteiger partial charge is 0.224 e. The van der Waals surface area contributed by atoms with Crippen LogP contribution >= 0.6 is 0 Å². The van der Waals surface area contributed by atoms with Crippen LogP contribution in [0.5, 0.6) is 0 Å². The van der Waals surface area contributed by atoms with Crippen LogP contribution in [0.4, 0.5) is 17.1 Å². The first-order chi connectivity index (χ1) is 13.3. The van der Waals surface area contributed by atoms with Crippen LogP contribution in [0.25, 0.3) is 0 Å². The van der Waals surface area contributed by atoms with Crippen molar-refractivity contribution in [3.63, 3.8) is 0 Å². The molecule has 2 aliphatic rings. The highest BCUT2D eigenvalue weighted by Crippen LogP contribution is 2.48. The van der Waals surface area contributed by atoms with Crippen LogP contribution in [-0.4, -0.2) is 11.7 Å². The van der Waals surface area contributed by atoms with Crippen LogP contribution in [0, 0.1) is 5.41 Å². The number of hydrogen-bond donors (Lipinski definition) is 2. The molecule has 0 spiro atoms. The molecule has 3 N–H and O–H groups in total. The van der Waals surface area contributed by atoms with Crippen LogP contribution in [-0.2, 0) is 9.59 Å². The minimum absolute atomic E-state index is 0.0830. The average molecular weight is 375 g/mol. The van der Waals surface area contributed by atoms with Gasteiger partial charge in [0, 0.05) is 30.3 Å². The molecule has 0 aromatic heterocycles. The Hall–Kier alpha value is -3.08. The number of ketones is 1. The number of rotatable bonds is 1. The van der Waals surface area contributed by atoms with Gasteiger partial charge in [0.15, 0.2) is 5.78 Å². The number of allylic oxidation sites excluding steroid dienone is 1. The van der Waals surface area contributed by atoms with Crippen molar-refractivity contribution in [1.82, 2.24) is 0 Å². The fourth-order valence-electron chi connectivity index (χ4n) is 4.33. The number of nitrogens with one attached hydrogen (secondary N) is 1. The zero-order valence-electron chi connectivity index (χ0n) is 16.5. The third kappa shape index (κ3) is 3.07. The van der Waals surface area contributed by atoms with E-state index in [1.54, 1.807) is 11.8 Å². The lowest BCUT2D eigenvalue weighted by Gasteiger charge is -2.36. The summed E-state index contributed by atoms with van der Waals surface area (Å²) in [6.45, 7) is 5.76. The fraction of sp³-hybridized carbons (Fsp3) is 0.304. The highest BCUT2D eigenvalue weighted by atomic mass is 16.2. The maximum absolute atomic E-state index is 13.3. The summed E-state index contributed by atoms with van der Waals surface area (Å²) < 4.78 is 0. The number of benzene rings is 2. The van der Waals surface area contributed by atoms with Gasteiger partial charge in [-0.25, -0.2) is 0 Å². The summed E-state index contributed by atoms with van der Waals surface area (Å²) in [7, 11) is 0. The second-order valence-corrected chi connectivity index (χ2v) is 8.43.